The van der Waals surface area contributed by atoms with E-state index >= 15 is 0 Å². The molecule has 0 aliphatic carbocycles. The number of nitrogens with one attached hydrogen (secondary N) is 1. The summed E-state index contributed by atoms with van der Waals surface area (Å²) in [5.41, 5.74) is 0.414. The van der Waals surface area contributed by atoms with Crippen LogP contribution in [0.15, 0.2) is 24.3 Å². The highest BCUT2D eigenvalue weighted by molar-refractivity contribution is 7.88. The maximum Gasteiger partial charge on any atom is 0.238 e. The Morgan fingerprint density at radius 2 is 2.05 bits per heavy atom. The number of rotatable bonds is 4. The number of hydrogen-bond acceptors (Lipinski definition) is 4. The zero-order valence-electron chi connectivity index (χ0n) is 12.5. The molecule has 1 aromatic rings. The molecule has 1 aliphatic heterocycles. The molecule has 8 heteroatoms. The number of sulfonamides is 1. The molecule has 1 aliphatic rings. The van der Waals surface area contributed by atoms with Gasteiger partial charge in [0.2, 0.25) is 15.9 Å². The van der Waals surface area contributed by atoms with Gasteiger partial charge in [-0.25, -0.2) is 17.1 Å². The molecule has 6 nitrogen and oxygen atoms in total. The van der Waals surface area contributed by atoms with Crippen LogP contribution in [0, 0.1) is 5.82 Å². The monoisotopic (exact) mass is 329 g/mol. The highest BCUT2D eigenvalue weighted by atomic mass is 32.2. The summed E-state index contributed by atoms with van der Waals surface area (Å²) in [7, 11) is -3.19. The van der Waals surface area contributed by atoms with Crippen LogP contribution in [-0.2, 0) is 14.8 Å². The quantitative estimate of drug-likeness (QED) is 0.884. The Morgan fingerprint density at radius 3 is 2.73 bits per heavy atom. The van der Waals surface area contributed by atoms with Crippen LogP contribution in [0.2, 0.25) is 0 Å². The van der Waals surface area contributed by atoms with Gasteiger partial charge in [0.25, 0.3) is 0 Å². The number of nitrogens with zero attached hydrogens (tertiary/aromatic N) is 2. The molecule has 0 saturated carbocycles. The lowest BCUT2D eigenvalue weighted by Crippen LogP contribution is -2.37. The molecule has 0 bridgehead atoms. The summed E-state index contributed by atoms with van der Waals surface area (Å²) >= 11 is 0. The van der Waals surface area contributed by atoms with Crippen molar-refractivity contribution < 1.29 is 17.6 Å². The van der Waals surface area contributed by atoms with Crippen molar-refractivity contribution in [3.05, 3.63) is 30.1 Å². The van der Waals surface area contributed by atoms with Crippen molar-refractivity contribution in [1.29, 1.82) is 0 Å². The lowest BCUT2D eigenvalue weighted by atomic mass is 10.3. The predicted molar refractivity (Wildman–Crippen MR) is 82.5 cm³/mol. The molecular weight excluding hydrogens is 309 g/mol. The first-order chi connectivity index (χ1) is 10.3. The van der Waals surface area contributed by atoms with E-state index in [1.807, 2.05) is 4.90 Å². The van der Waals surface area contributed by atoms with Crippen molar-refractivity contribution in [1.82, 2.24) is 9.21 Å². The van der Waals surface area contributed by atoms with Crippen LogP contribution in [0.4, 0.5) is 10.1 Å². The Balaban J connectivity index is 1.87. The van der Waals surface area contributed by atoms with Gasteiger partial charge in [0.15, 0.2) is 0 Å². The maximum atomic E-state index is 13.1. The molecule has 0 radical (unpaired) electrons. The van der Waals surface area contributed by atoms with Gasteiger partial charge in [0.1, 0.15) is 5.82 Å². The molecule has 1 amide bonds. The molecule has 1 heterocycles. The maximum absolute atomic E-state index is 13.1. The third kappa shape index (κ3) is 5.04. The Labute approximate surface area is 130 Å². The van der Waals surface area contributed by atoms with Crippen LogP contribution in [0.3, 0.4) is 0 Å². The standard InChI is InChI=1S/C14H20FN3O3S/c1-22(20,21)18-7-3-6-17(8-9-18)11-14(19)16-13-5-2-4-12(15)10-13/h2,4-5,10H,3,6-9,11H2,1H3,(H,16,19). The molecule has 0 atom stereocenters. The second kappa shape index (κ2) is 7.17. The number of halogens is 1. The van der Waals surface area contributed by atoms with Gasteiger partial charge < -0.3 is 5.32 Å². The van der Waals surface area contributed by atoms with Gasteiger partial charge in [-0.15, -0.1) is 0 Å². The number of benzene rings is 1. The highest BCUT2D eigenvalue weighted by Crippen LogP contribution is 2.10. The second-order valence-corrected chi connectivity index (χ2v) is 7.33. The Morgan fingerprint density at radius 1 is 1.27 bits per heavy atom. The summed E-state index contributed by atoms with van der Waals surface area (Å²) in [6.45, 7) is 2.17. The average Bonchev–Trinajstić information content (AvgIpc) is 2.63. The fourth-order valence-electron chi connectivity index (χ4n) is 2.41. The van der Waals surface area contributed by atoms with Crippen molar-refractivity contribution in [3.8, 4) is 0 Å². The van der Waals surface area contributed by atoms with E-state index in [0.717, 1.165) is 0 Å². The normalized spacial score (nSPS) is 17.9. The Hall–Kier alpha value is -1.51. The lowest BCUT2D eigenvalue weighted by molar-refractivity contribution is -0.117. The molecule has 0 spiro atoms. The van der Waals surface area contributed by atoms with E-state index in [0.29, 0.717) is 38.3 Å². The van der Waals surface area contributed by atoms with E-state index in [4.69, 9.17) is 0 Å². The topological polar surface area (TPSA) is 69.7 Å². The van der Waals surface area contributed by atoms with Crippen molar-refractivity contribution in [2.75, 3.05) is 44.3 Å². The molecule has 1 fully saturated rings. The van der Waals surface area contributed by atoms with Crippen LogP contribution in [0.25, 0.3) is 0 Å². The number of carbonyl (C=O) groups excluding carboxylic acids is 1. The third-order valence-corrected chi connectivity index (χ3v) is 4.80. The van der Waals surface area contributed by atoms with Gasteiger partial charge in [0, 0.05) is 25.3 Å². The molecule has 0 aromatic heterocycles. The molecular formula is C14H20FN3O3S. The zero-order valence-corrected chi connectivity index (χ0v) is 13.3. The molecule has 0 unspecified atom stereocenters. The molecule has 2 rings (SSSR count). The summed E-state index contributed by atoms with van der Waals surface area (Å²) in [5, 5.41) is 2.64. The summed E-state index contributed by atoms with van der Waals surface area (Å²) in [4.78, 5) is 13.9. The number of anilines is 1. The Kier molecular flexibility index (Phi) is 5.49. The second-order valence-electron chi connectivity index (χ2n) is 5.35. The molecule has 1 N–H and O–H groups in total. The van der Waals surface area contributed by atoms with Gasteiger partial charge >= 0.3 is 0 Å². The first-order valence-corrected chi connectivity index (χ1v) is 8.92. The van der Waals surface area contributed by atoms with Gasteiger partial charge in [-0.3, -0.25) is 9.69 Å². The van der Waals surface area contributed by atoms with E-state index < -0.39 is 15.8 Å². The van der Waals surface area contributed by atoms with Gasteiger partial charge in [-0.05, 0) is 31.2 Å². The van der Waals surface area contributed by atoms with Gasteiger partial charge in [0.05, 0.1) is 12.8 Å². The van der Waals surface area contributed by atoms with E-state index in [9.17, 15) is 17.6 Å². The minimum Gasteiger partial charge on any atom is -0.325 e. The zero-order chi connectivity index (χ0) is 16.2. The van der Waals surface area contributed by atoms with Crippen LogP contribution < -0.4 is 5.32 Å². The van der Waals surface area contributed by atoms with Crippen molar-refractivity contribution in [3.63, 3.8) is 0 Å². The summed E-state index contributed by atoms with van der Waals surface area (Å²) < 4.78 is 37.6. The third-order valence-electron chi connectivity index (χ3n) is 3.49. The van der Waals surface area contributed by atoms with E-state index in [-0.39, 0.29) is 12.5 Å². The van der Waals surface area contributed by atoms with Crippen molar-refractivity contribution in [2.24, 2.45) is 0 Å². The predicted octanol–water partition coefficient (Wildman–Crippen LogP) is 0.732. The number of amides is 1. The number of carbonyl (C=O) groups is 1. The summed E-state index contributed by atoms with van der Waals surface area (Å²) in [6.07, 6.45) is 1.87. The smallest absolute Gasteiger partial charge is 0.238 e. The fraction of sp³-hybridized carbons (Fsp3) is 0.500. The summed E-state index contributed by atoms with van der Waals surface area (Å²) in [5.74, 6) is -0.644. The van der Waals surface area contributed by atoms with Crippen molar-refractivity contribution >= 4 is 21.6 Å². The highest BCUT2D eigenvalue weighted by Gasteiger charge is 2.22. The average molecular weight is 329 g/mol. The van der Waals surface area contributed by atoms with Gasteiger partial charge in [-0.1, -0.05) is 6.07 Å². The van der Waals surface area contributed by atoms with Crippen LogP contribution in [0.5, 0.6) is 0 Å². The summed E-state index contributed by atoms with van der Waals surface area (Å²) in [6, 6.07) is 5.71. The van der Waals surface area contributed by atoms with Crippen molar-refractivity contribution in [2.45, 2.75) is 6.42 Å². The van der Waals surface area contributed by atoms with Crippen LogP contribution >= 0.6 is 0 Å². The molecule has 122 valence electrons. The SMILES string of the molecule is CS(=O)(=O)N1CCCN(CC(=O)Nc2cccc(F)c2)CC1. The number of hydrogen-bond donors (Lipinski definition) is 1. The fourth-order valence-corrected chi connectivity index (χ4v) is 3.28. The van der Waals surface area contributed by atoms with E-state index in [2.05, 4.69) is 5.32 Å². The lowest BCUT2D eigenvalue weighted by Gasteiger charge is -2.20. The minimum absolute atomic E-state index is 0.161. The molecule has 22 heavy (non-hydrogen) atoms. The Bertz CT molecular complexity index is 636. The van der Waals surface area contributed by atoms with Crippen LogP contribution in [0.1, 0.15) is 6.42 Å². The van der Waals surface area contributed by atoms with E-state index in [1.165, 1.54) is 28.8 Å². The largest absolute Gasteiger partial charge is 0.325 e. The van der Waals surface area contributed by atoms with Crippen LogP contribution in [-0.4, -0.2) is 62.5 Å². The first kappa shape index (κ1) is 16.9. The van der Waals surface area contributed by atoms with E-state index in [1.54, 1.807) is 6.07 Å². The molecule has 1 saturated heterocycles. The molecule has 1 aromatic carbocycles. The van der Waals surface area contributed by atoms with Gasteiger partial charge in [-0.2, -0.15) is 0 Å². The first-order valence-electron chi connectivity index (χ1n) is 7.07. The minimum atomic E-state index is -3.19.